The van der Waals surface area contributed by atoms with E-state index in [0.29, 0.717) is 12.0 Å². The van der Waals surface area contributed by atoms with Crippen LogP contribution in [0.1, 0.15) is 35.7 Å². The van der Waals surface area contributed by atoms with Crippen LogP contribution in [-0.4, -0.2) is 11.6 Å². The molecule has 0 heterocycles. The summed E-state index contributed by atoms with van der Waals surface area (Å²) in [6, 6.07) is 7.45. The van der Waals surface area contributed by atoms with E-state index in [1.807, 2.05) is 18.2 Å². The summed E-state index contributed by atoms with van der Waals surface area (Å²) in [5.41, 5.74) is 0.693. The van der Waals surface area contributed by atoms with Gasteiger partial charge in [-0.25, -0.2) is 0 Å². The Hall–Kier alpha value is -1.88. The molecule has 0 fully saturated rings. The summed E-state index contributed by atoms with van der Waals surface area (Å²) >= 11 is 0. The fourth-order valence-corrected chi connectivity index (χ4v) is 2.48. The van der Waals surface area contributed by atoms with Gasteiger partial charge in [-0.05, 0) is 25.3 Å². The largest absolute Gasteiger partial charge is 0.299 e. The maximum Gasteiger partial charge on any atom is 0.177 e. The molecule has 0 N–H and O–H groups in total. The zero-order valence-corrected chi connectivity index (χ0v) is 9.82. The molecule has 1 atom stereocenters. The molecule has 1 aromatic rings. The van der Waals surface area contributed by atoms with Crippen LogP contribution in [0.25, 0.3) is 0 Å². The molecule has 0 aromatic heterocycles. The number of fused-ring (bicyclic) bond motifs is 1. The SMILES string of the molecule is C#CCC1(C(C)=O)CCc2ccccc2C1=O. The third-order valence-electron chi connectivity index (χ3n) is 3.60. The summed E-state index contributed by atoms with van der Waals surface area (Å²) < 4.78 is 0. The lowest BCUT2D eigenvalue weighted by Gasteiger charge is -2.33. The topological polar surface area (TPSA) is 34.1 Å². The molecule has 2 heteroatoms. The molecule has 0 aliphatic heterocycles. The van der Waals surface area contributed by atoms with Gasteiger partial charge in [-0.1, -0.05) is 24.3 Å². The monoisotopic (exact) mass is 226 g/mol. The fourth-order valence-electron chi connectivity index (χ4n) is 2.48. The number of carbonyl (C=O) groups excluding carboxylic acids is 2. The summed E-state index contributed by atoms with van der Waals surface area (Å²) in [5, 5.41) is 0. The number of carbonyl (C=O) groups is 2. The molecule has 1 unspecified atom stereocenters. The van der Waals surface area contributed by atoms with Gasteiger partial charge in [0.1, 0.15) is 11.2 Å². The Morgan fingerprint density at radius 2 is 2.18 bits per heavy atom. The Morgan fingerprint density at radius 3 is 2.82 bits per heavy atom. The molecule has 17 heavy (non-hydrogen) atoms. The predicted octanol–water partition coefficient (Wildman–Crippen LogP) is 2.41. The highest BCUT2D eigenvalue weighted by Gasteiger charge is 2.45. The smallest absolute Gasteiger partial charge is 0.177 e. The predicted molar refractivity (Wildman–Crippen MR) is 65.7 cm³/mol. The van der Waals surface area contributed by atoms with Crippen molar-refractivity contribution in [3.8, 4) is 12.3 Å². The number of Topliss-reactive ketones (excluding diaryl/α,β-unsaturated/α-hetero) is 2. The van der Waals surface area contributed by atoms with Crippen LogP contribution in [0.3, 0.4) is 0 Å². The molecule has 0 spiro atoms. The Morgan fingerprint density at radius 1 is 1.47 bits per heavy atom. The Kier molecular flexibility index (Phi) is 2.85. The van der Waals surface area contributed by atoms with Crippen LogP contribution >= 0.6 is 0 Å². The summed E-state index contributed by atoms with van der Waals surface area (Å²) in [7, 11) is 0. The van der Waals surface area contributed by atoms with E-state index in [1.54, 1.807) is 6.07 Å². The maximum absolute atomic E-state index is 12.5. The van der Waals surface area contributed by atoms with Crippen molar-refractivity contribution in [2.24, 2.45) is 5.41 Å². The highest BCUT2D eigenvalue weighted by molar-refractivity contribution is 6.15. The lowest BCUT2D eigenvalue weighted by molar-refractivity contribution is -0.124. The average molecular weight is 226 g/mol. The molecule has 86 valence electrons. The molecule has 0 bridgehead atoms. The second-order valence-electron chi connectivity index (χ2n) is 4.51. The Bertz CT molecular complexity index is 522. The quantitative estimate of drug-likeness (QED) is 0.573. The maximum atomic E-state index is 12.5. The molecule has 1 aliphatic rings. The van der Waals surface area contributed by atoms with Gasteiger partial charge in [0.2, 0.25) is 0 Å². The first-order valence-electron chi connectivity index (χ1n) is 5.69. The summed E-state index contributed by atoms with van der Waals surface area (Å²) in [6.07, 6.45) is 6.78. The van der Waals surface area contributed by atoms with E-state index in [1.165, 1.54) is 6.92 Å². The van der Waals surface area contributed by atoms with E-state index in [4.69, 9.17) is 6.42 Å². The Balaban J connectivity index is 2.52. The third-order valence-corrected chi connectivity index (χ3v) is 3.60. The summed E-state index contributed by atoms with van der Waals surface area (Å²) in [6.45, 7) is 1.46. The highest BCUT2D eigenvalue weighted by atomic mass is 16.2. The minimum absolute atomic E-state index is 0.107. The van der Waals surface area contributed by atoms with Crippen LogP contribution in [0.5, 0.6) is 0 Å². The molecular formula is C15H14O2. The van der Waals surface area contributed by atoms with Crippen LogP contribution in [0, 0.1) is 17.8 Å². The Labute approximate surface area is 101 Å². The second-order valence-corrected chi connectivity index (χ2v) is 4.51. The van der Waals surface area contributed by atoms with Crippen molar-refractivity contribution in [1.29, 1.82) is 0 Å². The first kappa shape index (κ1) is 11.6. The van der Waals surface area contributed by atoms with Crippen molar-refractivity contribution < 1.29 is 9.59 Å². The molecule has 0 amide bonds. The number of hydrogen-bond donors (Lipinski definition) is 0. The van der Waals surface area contributed by atoms with E-state index >= 15 is 0 Å². The van der Waals surface area contributed by atoms with Gasteiger partial charge in [0, 0.05) is 12.0 Å². The number of ketones is 2. The number of aryl methyl sites for hydroxylation is 1. The standard InChI is InChI=1S/C15H14O2/c1-3-9-15(11(2)16)10-8-12-6-4-5-7-13(12)14(15)17/h1,4-7H,8-10H2,2H3. The highest BCUT2D eigenvalue weighted by Crippen LogP contribution is 2.38. The van der Waals surface area contributed by atoms with Crippen molar-refractivity contribution in [3.63, 3.8) is 0 Å². The zero-order valence-electron chi connectivity index (χ0n) is 9.82. The molecular weight excluding hydrogens is 212 g/mol. The van der Waals surface area contributed by atoms with Crippen molar-refractivity contribution in [2.75, 3.05) is 0 Å². The van der Waals surface area contributed by atoms with E-state index in [2.05, 4.69) is 5.92 Å². The minimum Gasteiger partial charge on any atom is -0.299 e. The van der Waals surface area contributed by atoms with Crippen molar-refractivity contribution in [1.82, 2.24) is 0 Å². The summed E-state index contributed by atoms with van der Waals surface area (Å²) in [4.78, 5) is 24.3. The van der Waals surface area contributed by atoms with Gasteiger partial charge in [-0.3, -0.25) is 9.59 Å². The van der Waals surface area contributed by atoms with Crippen LogP contribution in [0.15, 0.2) is 24.3 Å². The van der Waals surface area contributed by atoms with Crippen LogP contribution in [-0.2, 0) is 11.2 Å². The van der Waals surface area contributed by atoms with Crippen LogP contribution in [0.4, 0.5) is 0 Å². The lowest BCUT2D eigenvalue weighted by atomic mass is 9.66. The van der Waals surface area contributed by atoms with Gasteiger partial charge in [-0.2, -0.15) is 0 Å². The molecule has 1 aromatic carbocycles. The lowest BCUT2D eigenvalue weighted by Crippen LogP contribution is -2.41. The number of terminal acetylenes is 1. The van der Waals surface area contributed by atoms with E-state index in [9.17, 15) is 9.59 Å². The normalized spacial score (nSPS) is 22.7. The number of hydrogen-bond acceptors (Lipinski definition) is 2. The van der Waals surface area contributed by atoms with E-state index in [-0.39, 0.29) is 18.0 Å². The van der Waals surface area contributed by atoms with Crippen LogP contribution in [0.2, 0.25) is 0 Å². The average Bonchev–Trinajstić information content (AvgIpc) is 2.33. The van der Waals surface area contributed by atoms with Gasteiger partial charge in [0.15, 0.2) is 5.78 Å². The first-order valence-corrected chi connectivity index (χ1v) is 5.69. The van der Waals surface area contributed by atoms with Crippen molar-refractivity contribution in [3.05, 3.63) is 35.4 Å². The zero-order chi connectivity index (χ0) is 12.5. The van der Waals surface area contributed by atoms with Gasteiger partial charge in [0.25, 0.3) is 0 Å². The number of rotatable bonds is 2. The first-order chi connectivity index (χ1) is 8.12. The van der Waals surface area contributed by atoms with Gasteiger partial charge in [0.05, 0.1) is 0 Å². The van der Waals surface area contributed by atoms with Gasteiger partial charge < -0.3 is 0 Å². The number of benzene rings is 1. The second kappa shape index (κ2) is 4.18. The molecule has 0 saturated carbocycles. The summed E-state index contributed by atoms with van der Waals surface area (Å²) in [5.74, 6) is 2.26. The molecule has 1 aliphatic carbocycles. The van der Waals surface area contributed by atoms with Crippen molar-refractivity contribution >= 4 is 11.6 Å². The van der Waals surface area contributed by atoms with Gasteiger partial charge >= 0.3 is 0 Å². The molecule has 0 radical (unpaired) electrons. The minimum atomic E-state index is -0.983. The fraction of sp³-hybridized carbons (Fsp3) is 0.333. The van der Waals surface area contributed by atoms with E-state index < -0.39 is 5.41 Å². The van der Waals surface area contributed by atoms with Gasteiger partial charge in [-0.15, -0.1) is 12.3 Å². The molecule has 2 nitrogen and oxygen atoms in total. The third kappa shape index (κ3) is 1.68. The van der Waals surface area contributed by atoms with E-state index in [0.717, 1.165) is 12.0 Å². The molecule has 0 saturated heterocycles. The van der Waals surface area contributed by atoms with Crippen molar-refractivity contribution in [2.45, 2.75) is 26.2 Å². The van der Waals surface area contributed by atoms with Crippen LogP contribution < -0.4 is 0 Å². The molecule has 2 rings (SSSR count).